The number of aryl methyl sites for hydroxylation is 1. The third-order valence-corrected chi connectivity index (χ3v) is 7.60. The van der Waals surface area contributed by atoms with Gasteiger partial charge in [-0.05, 0) is 105 Å². The summed E-state index contributed by atoms with van der Waals surface area (Å²) in [4.78, 5) is 18.4. The Morgan fingerprint density at radius 2 is 1.95 bits per heavy atom. The average molecular weight is 509 g/mol. The van der Waals surface area contributed by atoms with Gasteiger partial charge in [-0.1, -0.05) is 12.1 Å². The van der Waals surface area contributed by atoms with Crippen LogP contribution in [-0.4, -0.2) is 54.8 Å². The van der Waals surface area contributed by atoms with Crippen LogP contribution in [0, 0.1) is 11.8 Å². The van der Waals surface area contributed by atoms with Gasteiger partial charge in [0, 0.05) is 24.5 Å². The molecule has 0 bridgehead atoms. The number of carboxylic acid groups (broad SMARTS) is 1. The number of methoxy groups -OCH3 is 2. The minimum absolute atomic E-state index is 0.0320. The Kier molecular flexibility index (Phi) is 9.34. The second-order valence-electron chi connectivity index (χ2n) is 9.99. The van der Waals surface area contributed by atoms with Crippen molar-refractivity contribution in [2.45, 2.75) is 44.7 Å². The molecule has 0 spiro atoms. The fraction of sp³-hybridized carbons (Fsp3) is 0.467. The number of pyridine rings is 1. The molecule has 4 rings (SSSR count). The quantitative estimate of drug-likeness (QED) is 0.319. The first-order valence-corrected chi connectivity index (χ1v) is 13.1. The number of alkyl halides is 1. The SMILES string of the molecule is COc1cccc(CCCN2CC[C@@H](CC[C@H](F)c3ccnc4ccc(OC)cc34)[C@@H](CC(=O)O)C2)c1. The van der Waals surface area contributed by atoms with Crippen LogP contribution in [0.4, 0.5) is 4.39 Å². The van der Waals surface area contributed by atoms with E-state index in [-0.39, 0.29) is 18.3 Å². The Hall–Kier alpha value is -3.19. The molecular weight excluding hydrogens is 471 g/mol. The number of halogens is 1. The molecule has 1 saturated heterocycles. The number of likely N-dealkylation sites (tertiary alicyclic amines) is 1. The van der Waals surface area contributed by atoms with Crippen molar-refractivity contribution in [1.82, 2.24) is 9.88 Å². The monoisotopic (exact) mass is 508 g/mol. The number of piperidine rings is 1. The number of benzene rings is 2. The van der Waals surface area contributed by atoms with Crippen LogP contribution in [0.3, 0.4) is 0 Å². The van der Waals surface area contributed by atoms with Crippen molar-refractivity contribution in [2.75, 3.05) is 33.9 Å². The summed E-state index contributed by atoms with van der Waals surface area (Å²) >= 11 is 0. The van der Waals surface area contributed by atoms with Gasteiger partial charge >= 0.3 is 5.97 Å². The Balaban J connectivity index is 1.34. The maximum absolute atomic E-state index is 15.5. The lowest BCUT2D eigenvalue weighted by atomic mass is 9.79. The minimum Gasteiger partial charge on any atom is -0.497 e. The number of rotatable bonds is 12. The second kappa shape index (κ2) is 12.9. The molecule has 1 N–H and O–H groups in total. The Morgan fingerprint density at radius 1 is 1.14 bits per heavy atom. The molecular formula is C30H37FN2O4. The largest absolute Gasteiger partial charge is 0.497 e. The average Bonchev–Trinajstić information content (AvgIpc) is 2.91. The molecule has 1 aliphatic heterocycles. The highest BCUT2D eigenvalue weighted by Gasteiger charge is 2.31. The van der Waals surface area contributed by atoms with Gasteiger partial charge in [0.2, 0.25) is 0 Å². The molecule has 2 heterocycles. The normalized spacial score (nSPS) is 19.0. The molecule has 37 heavy (non-hydrogen) atoms. The molecule has 198 valence electrons. The summed E-state index contributed by atoms with van der Waals surface area (Å²) in [6.07, 6.45) is 4.53. The molecule has 7 heteroatoms. The molecule has 0 saturated carbocycles. The number of carboxylic acids is 1. The van der Waals surface area contributed by atoms with E-state index >= 15 is 4.39 Å². The predicted octanol–water partition coefficient (Wildman–Crippen LogP) is 6.09. The van der Waals surface area contributed by atoms with E-state index in [0.29, 0.717) is 24.2 Å². The van der Waals surface area contributed by atoms with E-state index in [1.807, 2.05) is 30.3 Å². The molecule has 3 atom stereocenters. The van der Waals surface area contributed by atoms with E-state index in [4.69, 9.17) is 9.47 Å². The molecule has 2 aromatic carbocycles. The van der Waals surface area contributed by atoms with Crippen molar-refractivity contribution in [3.05, 3.63) is 65.9 Å². The molecule has 6 nitrogen and oxygen atoms in total. The van der Waals surface area contributed by atoms with Gasteiger partial charge in [0.15, 0.2) is 0 Å². The van der Waals surface area contributed by atoms with E-state index in [2.05, 4.69) is 22.0 Å². The molecule has 0 aliphatic carbocycles. The summed E-state index contributed by atoms with van der Waals surface area (Å²) < 4.78 is 26.1. The molecule has 0 radical (unpaired) electrons. The lowest BCUT2D eigenvalue weighted by molar-refractivity contribution is -0.139. The van der Waals surface area contributed by atoms with Crippen LogP contribution in [0.25, 0.3) is 10.9 Å². The van der Waals surface area contributed by atoms with E-state index < -0.39 is 12.1 Å². The molecule has 3 aromatic rings. The standard InChI is InChI=1S/C30H37FN2O4/c1-36-24-7-3-5-21(17-24)6-4-15-33-16-13-22(23(20-33)18-30(34)35)8-10-28(31)26-12-14-32-29-11-9-25(37-2)19-27(26)29/h3,5,7,9,11-12,14,17,19,22-23,28H,4,6,8,10,13,15-16,18,20H2,1-2H3,(H,34,35)/t22-,23+,28+/m1/s1. The topological polar surface area (TPSA) is 71.9 Å². The molecule has 1 fully saturated rings. The number of aromatic nitrogens is 1. The van der Waals surface area contributed by atoms with Crippen molar-refractivity contribution in [3.8, 4) is 11.5 Å². The lowest BCUT2D eigenvalue weighted by Crippen LogP contribution is -2.42. The van der Waals surface area contributed by atoms with Crippen molar-refractivity contribution in [3.63, 3.8) is 0 Å². The zero-order valence-electron chi connectivity index (χ0n) is 21.7. The van der Waals surface area contributed by atoms with Crippen molar-refractivity contribution in [1.29, 1.82) is 0 Å². The van der Waals surface area contributed by atoms with E-state index in [9.17, 15) is 9.90 Å². The lowest BCUT2D eigenvalue weighted by Gasteiger charge is -2.38. The van der Waals surface area contributed by atoms with Crippen LogP contribution in [0.2, 0.25) is 0 Å². The van der Waals surface area contributed by atoms with Gasteiger partial charge in [-0.2, -0.15) is 0 Å². The highest BCUT2D eigenvalue weighted by molar-refractivity contribution is 5.83. The number of nitrogens with zero attached hydrogens (tertiary/aromatic N) is 2. The summed E-state index contributed by atoms with van der Waals surface area (Å²) in [6.45, 7) is 2.60. The van der Waals surface area contributed by atoms with Crippen molar-refractivity contribution in [2.24, 2.45) is 11.8 Å². The van der Waals surface area contributed by atoms with Gasteiger partial charge < -0.3 is 19.5 Å². The summed E-state index contributed by atoms with van der Waals surface area (Å²) in [7, 11) is 3.27. The fourth-order valence-electron chi connectivity index (χ4n) is 5.59. The van der Waals surface area contributed by atoms with Gasteiger partial charge in [0.05, 0.1) is 19.7 Å². The first kappa shape index (κ1) is 26.9. The highest BCUT2D eigenvalue weighted by Crippen LogP contribution is 2.36. The third kappa shape index (κ3) is 7.19. The van der Waals surface area contributed by atoms with Gasteiger partial charge in [-0.25, -0.2) is 4.39 Å². The Bertz CT molecular complexity index is 1190. The van der Waals surface area contributed by atoms with Gasteiger partial charge in [0.25, 0.3) is 0 Å². The maximum Gasteiger partial charge on any atom is 0.303 e. The van der Waals surface area contributed by atoms with Gasteiger partial charge in [-0.3, -0.25) is 9.78 Å². The summed E-state index contributed by atoms with van der Waals surface area (Å²) in [6, 6.07) is 15.4. The first-order chi connectivity index (χ1) is 18.0. The van der Waals surface area contributed by atoms with E-state index in [0.717, 1.165) is 55.5 Å². The van der Waals surface area contributed by atoms with Crippen LogP contribution in [0.1, 0.15) is 49.4 Å². The molecule has 0 unspecified atom stereocenters. The number of carbonyl (C=O) groups is 1. The zero-order valence-corrected chi connectivity index (χ0v) is 21.7. The number of aliphatic carboxylic acids is 1. The van der Waals surface area contributed by atoms with E-state index in [1.165, 1.54) is 5.56 Å². The highest BCUT2D eigenvalue weighted by atomic mass is 19.1. The zero-order chi connectivity index (χ0) is 26.2. The van der Waals surface area contributed by atoms with Crippen LogP contribution in [-0.2, 0) is 11.2 Å². The minimum atomic E-state index is -1.14. The van der Waals surface area contributed by atoms with Crippen LogP contribution in [0.5, 0.6) is 11.5 Å². The maximum atomic E-state index is 15.5. The fourth-order valence-corrected chi connectivity index (χ4v) is 5.59. The number of ether oxygens (including phenoxy) is 2. The van der Waals surface area contributed by atoms with Crippen molar-refractivity contribution >= 4 is 16.9 Å². The van der Waals surface area contributed by atoms with Crippen LogP contribution in [0.15, 0.2) is 54.7 Å². The van der Waals surface area contributed by atoms with E-state index in [1.54, 1.807) is 26.5 Å². The summed E-state index contributed by atoms with van der Waals surface area (Å²) in [5.41, 5.74) is 2.60. The molecule has 1 aliphatic rings. The Morgan fingerprint density at radius 3 is 2.73 bits per heavy atom. The summed E-state index contributed by atoms with van der Waals surface area (Å²) in [5.74, 6) is 0.993. The second-order valence-corrected chi connectivity index (χ2v) is 9.99. The molecule has 0 amide bonds. The number of hydrogen-bond donors (Lipinski definition) is 1. The van der Waals surface area contributed by atoms with Crippen LogP contribution < -0.4 is 9.47 Å². The summed E-state index contributed by atoms with van der Waals surface area (Å²) in [5, 5.41) is 10.3. The first-order valence-electron chi connectivity index (χ1n) is 13.1. The number of fused-ring (bicyclic) bond motifs is 1. The molecule has 1 aromatic heterocycles. The van der Waals surface area contributed by atoms with Crippen molar-refractivity contribution < 1.29 is 23.8 Å². The smallest absolute Gasteiger partial charge is 0.303 e. The predicted molar refractivity (Wildman–Crippen MR) is 143 cm³/mol. The Labute approximate surface area is 218 Å². The van der Waals surface area contributed by atoms with Gasteiger partial charge in [-0.15, -0.1) is 0 Å². The van der Waals surface area contributed by atoms with Gasteiger partial charge in [0.1, 0.15) is 17.7 Å². The third-order valence-electron chi connectivity index (χ3n) is 7.60. The van der Waals surface area contributed by atoms with Crippen LogP contribution >= 0.6 is 0 Å². The number of hydrogen-bond acceptors (Lipinski definition) is 5.